The van der Waals surface area contributed by atoms with Gasteiger partial charge in [-0.25, -0.2) is 0 Å². The summed E-state index contributed by atoms with van der Waals surface area (Å²) in [5.74, 6) is -0.0127. The molecular formula is C16H13ClN2O3. The van der Waals surface area contributed by atoms with Crippen LogP contribution in [0.3, 0.4) is 0 Å². The first-order valence-electron chi connectivity index (χ1n) is 6.72. The maximum absolute atomic E-state index is 12.3. The number of para-hydroxylation sites is 1. The molecule has 0 saturated heterocycles. The number of benzene rings is 2. The van der Waals surface area contributed by atoms with Crippen LogP contribution in [0.15, 0.2) is 42.5 Å². The summed E-state index contributed by atoms with van der Waals surface area (Å²) in [5.41, 5.74) is 1.41. The highest BCUT2D eigenvalue weighted by Crippen LogP contribution is 2.31. The Morgan fingerprint density at radius 2 is 2.05 bits per heavy atom. The van der Waals surface area contributed by atoms with Crippen molar-refractivity contribution in [1.82, 2.24) is 0 Å². The molecule has 0 radical (unpaired) electrons. The van der Waals surface area contributed by atoms with Crippen LogP contribution in [0.5, 0.6) is 5.75 Å². The summed E-state index contributed by atoms with van der Waals surface area (Å²) in [4.78, 5) is 23.9. The fraction of sp³-hybridized carbons (Fsp3) is 0.125. The number of halogens is 1. The van der Waals surface area contributed by atoms with Crippen molar-refractivity contribution < 1.29 is 14.3 Å². The van der Waals surface area contributed by atoms with Crippen LogP contribution in [0, 0.1) is 0 Å². The third-order valence-electron chi connectivity index (χ3n) is 3.29. The number of ether oxygens (including phenoxy) is 1. The molecule has 0 fully saturated rings. The minimum Gasteiger partial charge on any atom is -0.479 e. The molecule has 1 aliphatic heterocycles. The molecule has 2 aromatic rings. The van der Waals surface area contributed by atoms with Gasteiger partial charge in [-0.3, -0.25) is 9.59 Å². The Bertz CT molecular complexity index is 761. The number of amides is 2. The molecule has 2 amide bonds. The van der Waals surface area contributed by atoms with E-state index in [0.29, 0.717) is 27.7 Å². The van der Waals surface area contributed by atoms with Crippen LogP contribution in [-0.2, 0) is 4.79 Å². The maximum Gasteiger partial charge on any atom is 0.265 e. The molecule has 0 aromatic heterocycles. The molecule has 2 aromatic carbocycles. The molecule has 0 saturated carbocycles. The Labute approximate surface area is 132 Å². The predicted octanol–water partition coefficient (Wildman–Crippen LogP) is 3.31. The summed E-state index contributed by atoms with van der Waals surface area (Å²) < 4.78 is 5.45. The summed E-state index contributed by atoms with van der Waals surface area (Å²) in [6.45, 7) is 1.66. The zero-order valence-corrected chi connectivity index (χ0v) is 12.5. The molecule has 0 bridgehead atoms. The molecule has 22 heavy (non-hydrogen) atoms. The number of hydrogen-bond acceptors (Lipinski definition) is 3. The second-order valence-corrected chi connectivity index (χ2v) is 5.30. The lowest BCUT2D eigenvalue weighted by atomic mass is 10.1. The van der Waals surface area contributed by atoms with Gasteiger partial charge in [0.2, 0.25) is 0 Å². The first kappa shape index (κ1) is 14.4. The van der Waals surface area contributed by atoms with Gasteiger partial charge in [0.05, 0.1) is 16.4 Å². The van der Waals surface area contributed by atoms with Crippen LogP contribution in [0.2, 0.25) is 5.02 Å². The van der Waals surface area contributed by atoms with Gasteiger partial charge in [0, 0.05) is 5.56 Å². The Kier molecular flexibility index (Phi) is 3.73. The summed E-state index contributed by atoms with van der Waals surface area (Å²) in [6, 6.07) is 11.8. The summed E-state index contributed by atoms with van der Waals surface area (Å²) in [5, 5.41) is 5.90. The highest BCUT2D eigenvalue weighted by atomic mass is 35.5. The third kappa shape index (κ3) is 2.76. The van der Waals surface area contributed by atoms with E-state index in [1.54, 1.807) is 49.4 Å². The largest absolute Gasteiger partial charge is 0.479 e. The molecule has 1 atom stereocenters. The van der Waals surface area contributed by atoms with Crippen LogP contribution >= 0.6 is 11.6 Å². The number of nitrogens with one attached hydrogen (secondary N) is 2. The van der Waals surface area contributed by atoms with Crippen LogP contribution < -0.4 is 15.4 Å². The summed E-state index contributed by atoms with van der Waals surface area (Å²) >= 11 is 6.01. The van der Waals surface area contributed by atoms with Crippen LogP contribution in [0.25, 0.3) is 0 Å². The molecule has 6 heteroatoms. The van der Waals surface area contributed by atoms with Gasteiger partial charge >= 0.3 is 0 Å². The first-order chi connectivity index (χ1) is 10.5. The minimum absolute atomic E-state index is 0.240. The van der Waals surface area contributed by atoms with E-state index in [1.807, 2.05) is 0 Å². The number of anilines is 2. The Hall–Kier alpha value is -2.53. The Morgan fingerprint density at radius 3 is 2.82 bits per heavy atom. The summed E-state index contributed by atoms with van der Waals surface area (Å²) in [6.07, 6.45) is -0.546. The normalized spacial score (nSPS) is 16.3. The van der Waals surface area contributed by atoms with Gasteiger partial charge in [-0.1, -0.05) is 23.7 Å². The van der Waals surface area contributed by atoms with Gasteiger partial charge in [0.1, 0.15) is 5.75 Å². The van der Waals surface area contributed by atoms with E-state index in [4.69, 9.17) is 16.3 Å². The second kappa shape index (κ2) is 5.69. The van der Waals surface area contributed by atoms with E-state index < -0.39 is 6.10 Å². The van der Waals surface area contributed by atoms with Gasteiger partial charge in [-0.15, -0.1) is 0 Å². The minimum atomic E-state index is -0.546. The maximum atomic E-state index is 12.3. The van der Waals surface area contributed by atoms with E-state index in [-0.39, 0.29) is 11.8 Å². The number of carbonyl (C=O) groups is 2. The lowest BCUT2D eigenvalue weighted by molar-refractivity contribution is -0.122. The lowest BCUT2D eigenvalue weighted by Crippen LogP contribution is -2.34. The van der Waals surface area contributed by atoms with Crippen molar-refractivity contribution in [2.45, 2.75) is 13.0 Å². The van der Waals surface area contributed by atoms with Crippen LogP contribution in [-0.4, -0.2) is 17.9 Å². The first-order valence-corrected chi connectivity index (χ1v) is 7.10. The van der Waals surface area contributed by atoms with Gasteiger partial charge < -0.3 is 15.4 Å². The average Bonchev–Trinajstić information content (AvgIpc) is 2.50. The van der Waals surface area contributed by atoms with Crippen molar-refractivity contribution >= 4 is 34.8 Å². The molecule has 2 N–H and O–H groups in total. The van der Waals surface area contributed by atoms with Gasteiger partial charge in [-0.05, 0) is 37.3 Å². The number of carbonyl (C=O) groups excluding carboxylic acids is 2. The van der Waals surface area contributed by atoms with E-state index in [2.05, 4.69) is 10.6 Å². The fourth-order valence-corrected chi connectivity index (χ4v) is 2.29. The van der Waals surface area contributed by atoms with Crippen molar-refractivity contribution in [1.29, 1.82) is 0 Å². The summed E-state index contributed by atoms with van der Waals surface area (Å²) in [7, 11) is 0. The Morgan fingerprint density at radius 1 is 1.27 bits per heavy atom. The molecule has 1 aliphatic rings. The Balaban J connectivity index is 1.84. The van der Waals surface area contributed by atoms with Gasteiger partial charge in [0.25, 0.3) is 11.8 Å². The smallest absolute Gasteiger partial charge is 0.265 e. The van der Waals surface area contributed by atoms with Crippen molar-refractivity contribution in [3.05, 3.63) is 53.1 Å². The fourth-order valence-electron chi connectivity index (χ4n) is 2.11. The predicted molar refractivity (Wildman–Crippen MR) is 84.6 cm³/mol. The molecule has 1 heterocycles. The number of fused-ring (bicyclic) bond motifs is 1. The van der Waals surface area contributed by atoms with Crippen molar-refractivity contribution in [3.63, 3.8) is 0 Å². The van der Waals surface area contributed by atoms with Crippen LogP contribution in [0.1, 0.15) is 17.3 Å². The molecular weight excluding hydrogens is 304 g/mol. The molecule has 112 valence electrons. The van der Waals surface area contributed by atoms with Crippen molar-refractivity contribution in [2.75, 3.05) is 10.6 Å². The topological polar surface area (TPSA) is 67.4 Å². The molecule has 0 spiro atoms. The second-order valence-electron chi connectivity index (χ2n) is 4.89. The van der Waals surface area contributed by atoms with Gasteiger partial charge in [0.15, 0.2) is 6.10 Å². The molecule has 5 nitrogen and oxygen atoms in total. The van der Waals surface area contributed by atoms with E-state index in [1.165, 1.54) is 0 Å². The molecule has 0 aliphatic carbocycles. The third-order valence-corrected chi connectivity index (χ3v) is 3.62. The number of rotatable bonds is 2. The molecule has 1 unspecified atom stereocenters. The van der Waals surface area contributed by atoms with Crippen molar-refractivity contribution in [2.24, 2.45) is 0 Å². The lowest BCUT2D eigenvalue weighted by Gasteiger charge is -2.23. The highest BCUT2D eigenvalue weighted by molar-refractivity contribution is 6.33. The van der Waals surface area contributed by atoms with Gasteiger partial charge in [-0.2, -0.15) is 0 Å². The zero-order chi connectivity index (χ0) is 15.7. The van der Waals surface area contributed by atoms with E-state index in [9.17, 15) is 9.59 Å². The number of hydrogen-bond donors (Lipinski definition) is 2. The van der Waals surface area contributed by atoms with Crippen molar-refractivity contribution in [3.8, 4) is 5.75 Å². The van der Waals surface area contributed by atoms with E-state index >= 15 is 0 Å². The SMILES string of the molecule is CC1Oc2ccc(C(=O)Nc3ccccc3Cl)cc2NC1=O. The monoisotopic (exact) mass is 316 g/mol. The average molecular weight is 317 g/mol. The molecule has 3 rings (SSSR count). The zero-order valence-electron chi connectivity index (χ0n) is 11.7. The van der Waals surface area contributed by atoms with E-state index in [0.717, 1.165) is 0 Å². The van der Waals surface area contributed by atoms with Crippen LogP contribution in [0.4, 0.5) is 11.4 Å². The highest BCUT2D eigenvalue weighted by Gasteiger charge is 2.24. The quantitative estimate of drug-likeness (QED) is 0.893. The standard InChI is InChI=1S/C16H13ClN2O3/c1-9-15(20)19-13-8-10(6-7-14(13)22-9)16(21)18-12-5-3-2-4-11(12)17/h2-9H,1H3,(H,18,21)(H,19,20).